The molecule has 0 aliphatic carbocycles. The molecular weight excluding hydrogens is 300 g/mol. The maximum Gasteiger partial charge on any atom is 0.242 e. The summed E-state index contributed by atoms with van der Waals surface area (Å²) >= 11 is 6.08. The van der Waals surface area contributed by atoms with Gasteiger partial charge in [0, 0.05) is 31.4 Å². The highest BCUT2D eigenvalue weighted by atomic mass is 35.5. The monoisotopic (exact) mass is 320 g/mol. The van der Waals surface area contributed by atoms with Crippen molar-refractivity contribution in [2.75, 3.05) is 11.9 Å². The number of carbonyl (C=O) groups excluding carboxylic acids is 1. The molecule has 0 saturated heterocycles. The largest absolute Gasteiger partial charge is 0.375 e. The van der Waals surface area contributed by atoms with Gasteiger partial charge in [0.25, 0.3) is 0 Å². The number of aromatic nitrogens is 2. The zero-order valence-corrected chi connectivity index (χ0v) is 13.8. The van der Waals surface area contributed by atoms with Gasteiger partial charge in [0.05, 0.1) is 23.5 Å². The molecule has 1 heterocycles. The highest BCUT2D eigenvalue weighted by molar-refractivity contribution is 6.33. The number of carbonyl (C=O) groups is 1. The molecule has 0 saturated carbocycles. The van der Waals surface area contributed by atoms with Gasteiger partial charge in [-0.05, 0) is 26.0 Å². The van der Waals surface area contributed by atoms with Gasteiger partial charge in [-0.25, -0.2) is 0 Å². The minimum atomic E-state index is 0.0266. The van der Waals surface area contributed by atoms with E-state index >= 15 is 0 Å². The third kappa shape index (κ3) is 4.24. The van der Waals surface area contributed by atoms with Crippen molar-refractivity contribution >= 4 is 23.2 Å². The molecule has 2 rings (SSSR count). The molecule has 1 amide bonds. The van der Waals surface area contributed by atoms with Gasteiger partial charge in [-0.3, -0.25) is 9.48 Å². The Bertz CT molecular complexity index is 639. The number of para-hydroxylation sites is 1. The summed E-state index contributed by atoms with van der Waals surface area (Å²) in [5, 5.41) is 7.84. The summed E-state index contributed by atoms with van der Waals surface area (Å²) in [6, 6.07) is 7.51. The van der Waals surface area contributed by atoms with Crippen molar-refractivity contribution in [3.63, 3.8) is 0 Å². The number of amides is 1. The van der Waals surface area contributed by atoms with E-state index in [9.17, 15) is 4.79 Å². The number of hydrogen-bond donors (Lipinski definition) is 1. The third-order valence-corrected chi connectivity index (χ3v) is 3.69. The molecule has 0 spiro atoms. The predicted molar refractivity (Wildman–Crippen MR) is 88.8 cm³/mol. The Morgan fingerprint density at radius 2 is 2.14 bits per heavy atom. The molecule has 5 nitrogen and oxygen atoms in total. The van der Waals surface area contributed by atoms with Crippen molar-refractivity contribution < 1.29 is 4.79 Å². The molecule has 2 aromatic rings. The van der Waals surface area contributed by atoms with E-state index in [1.54, 1.807) is 16.9 Å². The van der Waals surface area contributed by atoms with E-state index in [-0.39, 0.29) is 18.5 Å². The van der Waals surface area contributed by atoms with Crippen LogP contribution in [0, 0.1) is 0 Å². The normalized spacial score (nSPS) is 10.8. The number of halogens is 1. The maximum atomic E-state index is 12.5. The minimum absolute atomic E-state index is 0.0266. The van der Waals surface area contributed by atoms with Crippen LogP contribution in [0.2, 0.25) is 5.02 Å². The first kappa shape index (κ1) is 16.4. The Kier molecular flexibility index (Phi) is 5.44. The fraction of sp³-hybridized carbons (Fsp3) is 0.375. The molecule has 0 aliphatic rings. The predicted octanol–water partition coefficient (Wildman–Crippen LogP) is 2.92. The van der Waals surface area contributed by atoms with Gasteiger partial charge >= 0.3 is 0 Å². The molecule has 0 aliphatic heterocycles. The molecule has 0 bridgehead atoms. The van der Waals surface area contributed by atoms with Crippen molar-refractivity contribution in [3.05, 3.63) is 47.2 Å². The number of nitrogens with one attached hydrogen (secondary N) is 1. The summed E-state index contributed by atoms with van der Waals surface area (Å²) in [5.41, 5.74) is 1.78. The molecule has 1 N–H and O–H groups in total. The zero-order chi connectivity index (χ0) is 16.1. The molecule has 118 valence electrons. The first-order chi connectivity index (χ1) is 10.5. The van der Waals surface area contributed by atoms with Gasteiger partial charge < -0.3 is 10.2 Å². The lowest BCUT2D eigenvalue weighted by Gasteiger charge is -2.26. The van der Waals surface area contributed by atoms with Crippen LogP contribution in [-0.2, 0) is 18.4 Å². The van der Waals surface area contributed by atoms with Crippen LogP contribution >= 0.6 is 11.6 Å². The summed E-state index contributed by atoms with van der Waals surface area (Å²) in [5.74, 6) is 0.0266. The van der Waals surface area contributed by atoms with Crippen LogP contribution in [0.15, 0.2) is 36.7 Å². The van der Waals surface area contributed by atoms with E-state index in [1.165, 1.54) is 0 Å². The third-order valence-electron chi connectivity index (χ3n) is 3.36. The van der Waals surface area contributed by atoms with Gasteiger partial charge in [-0.15, -0.1) is 0 Å². The Morgan fingerprint density at radius 1 is 1.41 bits per heavy atom. The SMILES string of the molecule is CC(C)N(Cc1cnn(C)c1)C(=O)CNc1ccccc1Cl. The van der Waals surface area contributed by atoms with Crippen molar-refractivity contribution in [3.8, 4) is 0 Å². The van der Waals surface area contributed by atoms with Crippen molar-refractivity contribution in [2.24, 2.45) is 7.05 Å². The van der Waals surface area contributed by atoms with Crippen LogP contribution in [0.25, 0.3) is 0 Å². The molecule has 6 heteroatoms. The Balaban J connectivity index is 1.99. The summed E-state index contributed by atoms with van der Waals surface area (Å²) in [6.07, 6.45) is 3.70. The average molecular weight is 321 g/mol. The Labute approximate surface area is 135 Å². The van der Waals surface area contributed by atoms with Crippen LogP contribution < -0.4 is 5.32 Å². The number of rotatable bonds is 6. The lowest BCUT2D eigenvalue weighted by atomic mass is 10.2. The molecule has 1 aromatic heterocycles. The number of hydrogen-bond acceptors (Lipinski definition) is 3. The molecule has 0 radical (unpaired) electrons. The van der Waals surface area contributed by atoms with Crippen LogP contribution in [-0.4, -0.2) is 33.2 Å². The van der Waals surface area contributed by atoms with Gasteiger partial charge in [0.15, 0.2) is 0 Å². The van der Waals surface area contributed by atoms with Crippen molar-refractivity contribution in [1.82, 2.24) is 14.7 Å². The van der Waals surface area contributed by atoms with Gasteiger partial charge in [0.1, 0.15) is 0 Å². The molecular formula is C16H21ClN4O. The van der Waals surface area contributed by atoms with Crippen LogP contribution in [0.5, 0.6) is 0 Å². The number of aryl methyl sites for hydroxylation is 1. The molecule has 0 atom stereocenters. The smallest absolute Gasteiger partial charge is 0.242 e. The second kappa shape index (κ2) is 7.31. The fourth-order valence-corrected chi connectivity index (χ4v) is 2.39. The second-order valence-electron chi connectivity index (χ2n) is 5.47. The van der Waals surface area contributed by atoms with Crippen LogP contribution in [0.3, 0.4) is 0 Å². The lowest BCUT2D eigenvalue weighted by Crippen LogP contribution is -2.39. The molecule has 22 heavy (non-hydrogen) atoms. The first-order valence-corrected chi connectivity index (χ1v) is 7.60. The number of nitrogens with zero attached hydrogens (tertiary/aromatic N) is 3. The summed E-state index contributed by atoms with van der Waals surface area (Å²) in [7, 11) is 1.87. The highest BCUT2D eigenvalue weighted by Crippen LogP contribution is 2.20. The summed E-state index contributed by atoms with van der Waals surface area (Å²) < 4.78 is 1.74. The number of benzene rings is 1. The van der Waals surface area contributed by atoms with E-state index in [0.717, 1.165) is 11.3 Å². The Morgan fingerprint density at radius 3 is 2.73 bits per heavy atom. The van der Waals surface area contributed by atoms with E-state index in [4.69, 9.17) is 11.6 Å². The highest BCUT2D eigenvalue weighted by Gasteiger charge is 2.18. The number of anilines is 1. The summed E-state index contributed by atoms with van der Waals surface area (Å²) in [4.78, 5) is 14.3. The first-order valence-electron chi connectivity index (χ1n) is 7.22. The molecule has 0 unspecified atom stereocenters. The topological polar surface area (TPSA) is 50.2 Å². The van der Waals surface area contributed by atoms with E-state index in [2.05, 4.69) is 10.4 Å². The Hall–Kier alpha value is -2.01. The van der Waals surface area contributed by atoms with Crippen molar-refractivity contribution in [2.45, 2.75) is 26.4 Å². The zero-order valence-electron chi connectivity index (χ0n) is 13.1. The van der Waals surface area contributed by atoms with Gasteiger partial charge in [-0.1, -0.05) is 23.7 Å². The second-order valence-corrected chi connectivity index (χ2v) is 5.88. The van der Waals surface area contributed by atoms with Gasteiger partial charge in [-0.2, -0.15) is 5.10 Å². The van der Waals surface area contributed by atoms with Gasteiger partial charge in [0.2, 0.25) is 5.91 Å². The van der Waals surface area contributed by atoms with Crippen molar-refractivity contribution in [1.29, 1.82) is 0 Å². The standard InChI is InChI=1S/C16H21ClN4O/c1-12(2)21(11-13-8-19-20(3)10-13)16(22)9-18-15-7-5-4-6-14(15)17/h4-8,10,12,18H,9,11H2,1-3H3. The van der Waals surface area contributed by atoms with E-state index < -0.39 is 0 Å². The van der Waals surface area contributed by atoms with Crippen LogP contribution in [0.4, 0.5) is 5.69 Å². The minimum Gasteiger partial charge on any atom is -0.375 e. The average Bonchev–Trinajstić information content (AvgIpc) is 2.88. The maximum absolute atomic E-state index is 12.5. The lowest BCUT2D eigenvalue weighted by molar-refractivity contribution is -0.131. The summed E-state index contributed by atoms with van der Waals surface area (Å²) in [6.45, 7) is 4.77. The van der Waals surface area contributed by atoms with E-state index in [1.807, 2.05) is 50.2 Å². The molecule has 0 fully saturated rings. The molecule has 1 aromatic carbocycles. The van der Waals surface area contributed by atoms with Crippen LogP contribution in [0.1, 0.15) is 19.4 Å². The fourth-order valence-electron chi connectivity index (χ4n) is 2.19. The van der Waals surface area contributed by atoms with E-state index in [0.29, 0.717) is 11.6 Å². The quantitative estimate of drug-likeness (QED) is 0.890.